The maximum Gasteiger partial charge on any atom is 0.129 e. The van der Waals surface area contributed by atoms with Gasteiger partial charge in [0.25, 0.3) is 0 Å². The number of quaternary nitrogens is 2. The van der Waals surface area contributed by atoms with Crippen LogP contribution in [0.5, 0.6) is 0 Å². The Hall–Kier alpha value is -0.540. The van der Waals surface area contributed by atoms with E-state index >= 15 is 0 Å². The third-order valence-electron chi connectivity index (χ3n) is 4.80. The zero-order valence-corrected chi connectivity index (χ0v) is 11.0. The van der Waals surface area contributed by atoms with E-state index in [1.54, 1.807) is 0 Å². The number of rotatable bonds is 5. The van der Waals surface area contributed by atoms with Crippen LogP contribution < -0.4 is 0 Å². The van der Waals surface area contributed by atoms with Crippen LogP contribution in [-0.2, 0) is 0 Å². The third kappa shape index (κ3) is 2.41. The molecule has 0 unspecified atom stereocenters. The molecule has 0 aromatic heterocycles. The number of likely N-dealkylation sites (N-methyl/N-ethyl adjacent to an activating group) is 1. The highest BCUT2D eigenvalue weighted by Crippen LogP contribution is 2.24. The molecule has 0 amide bonds. The first-order chi connectivity index (χ1) is 7.58. The predicted molar refractivity (Wildman–Crippen MR) is 68.0 cm³/mol. The Labute approximate surface area is 100 Å². The highest BCUT2D eigenvalue weighted by molar-refractivity contribution is 4.66. The van der Waals surface area contributed by atoms with Crippen LogP contribution in [0.3, 0.4) is 0 Å². The lowest BCUT2D eigenvalue weighted by Crippen LogP contribution is -2.73. The van der Waals surface area contributed by atoms with Crippen molar-refractivity contribution >= 4 is 0 Å². The van der Waals surface area contributed by atoms with Gasteiger partial charge in [0.05, 0.1) is 13.6 Å². The largest absolute Gasteiger partial charge is 0.381 e. The summed E-state index contributed by atoms with van der Waals surface area (Å²) in [6.45, 7) is 14.8. The van der Waals surface area contributed by atoms with Crippen LogP contribution in [0.1, 0.15) is 6.42 Å². The van der Waals surface area contributed by atoms with Gasteiger partial charge in [0.15, 0.2) is 0 Å². The maximum absolute atomic E-state index is 3.80. The maximum atomic E-state index is 3.80. The van der Waals surface area contributed by atoms with Crippen LogP contribution in [0.2, 0.25) is 0 Å². The van der Waals surface area contributed by atoms with Crippen LogP contribution in [-0.4, -0.2) is 80.3 Å². The third-order valence-corrected chi connectivity index (χ3v) is 4.80. The molecule has 0 radical (unpaired) electrons. The molecule has 0 aromatic carbocycles. The highest BCUT2D eigenvalue weighted by Gasteiger charge is 2.46. The summed E-state index contributed by atoms with van der Waals surface area (Å²) in [5, 5.41) is 0. The minimum Gasteiger partial charge on any atom is -0.381 e. The van der Waals surface area contributed by atoms with Crippen molar-refractivity contribution in [3.8, 4) is 0 Å². The molecular formula is C13H27N3+2. The highest BCUT2D eigenvalue weighted by atomic mass is 15.5. The fourth-order valence-electron chi connectivity index (χ4n) is 3.11. The normalized spacial score (nSPS) is 37.4. The number of fused-ring (bicyclic) bond motifs is 3. The summed E-state index contributed by atoms with van der Waals surface area (Å²) in [4.78, 5) is 2.20. The minimum atomic E-state index is 1.16. The Kier molecular flexibility index (Phi) is 3.27. The first-order valence-electron chi connectivity index (χ1n) is 6.59. The van der Waals surface area contributed by atoms with Crippen LogP contribution in [0.25, 0.3) is 0 Å². The van der Waals surface area contributed by atoms with Gasteiger partial charge < -0.3 is 13.9 Å². The van der Waals surface area contributed by atoms with Gasteiger partial charge in [-0.25, -0.2) is 0 Å². The summed E-state index contributed by atoms with van der Waals surface area (Å²) >= 11 is 0. The Morgan fingerprint density at radius 2 is 1.69 bits per heavy atom. The van der Waals surface area contributed by atoms with Crippen molar-refractivity contribution in [2.45, 2.75) is 6.42 Å². The molecule has 3 aliphatic heterocycles. The first kappa shape index (κ1) is 11.9. The van der Waals surface area contributed by atoms with Crippen molar-refractivity contribution < 1.29 is 8.97 Å². The molecule has 0 N–H and O–H groups in total. The second kappa shape index (κ2) is 4.38. The Morgan fingerprint density at radius 1 is 1.12 bits per heavy atom. The molecule has 3 rings (SSSR count). The molecule has 16 heavy (non-hydrogen) atoms. The van der Waals surface area contributed by atoms with Gasteiger partial charge in [-0.1, -0.05) is 6.58 Å². The van der Waals surface area contributed by atoms with Crippen molar-refractivity contribution in [2.24, 2.45) is 0 Å². The SMILES string of the molecule is C=CN(C)CCC[N+]12CC[N+](C)(CC1)CC2. The average Bonchev–Trinajstić information content (AvgIpc) is 2.31. The monoisotopic (exact) mass is 225 g/mol. The first-order valence-corrected chi connectivity index (χ1v) is 6.59. The second-order valence-electron chi connectivity index (χ2n) is 6.04. The Balaban J connectivity index is 1.79. The van der Waals surface area contributed by atoms with Crippen LogP contribution in [0.15, 0.2) is 12.8 Å². The van der Waals surface area contributed by atoms with Gasteiger partial charge in [0.2, 0.25) is 0 Å². The van der Waals surface area contributed by atoms with Gasteiger partial charge in [-0.15, -0.1) is 0 Å². The zero-order chi connectivity index (χ0) is 11.6. The van der Waals surface area contributed by atoms with E-state index in [4.69, 9.17) is 0 Å². The smallest absolute Gasteiger partial charge is 0.129 e. The van der Waals surface area contributed by atoms with Gasteiger partial charge >= 0.3 is 0 Å². The number of hydrogen-bond donors (Lipinski definition) is 0. The molecule has 3 fully saturated rings. The molecule has 3 heteroatoms. The molecule has 0 saturated carbocycles. The second-order valence-corrected chi connectivity index (χ2v) is 6.04. The average molecular weight is 225 g/mol. The number of piperazine rings is 3. The van der Waals surface area contributed by atoms with Crippen LogP contribution >= 0.6 is 0 Å². The van der Waals surface area contributed by atoms with Gasteiger partial charge in [0, 0.05) is 20.0 Å². The van der Waals surface area contributed by atoms with E-state index in [1.165, 1.54) is 61.2 Å². The summed E-state index contributed by atoms with van der Waals surface area (Å²) < 4.78 is 2.74. The van der Waals surface area contributed by atoms with Crippen LogP contribution in [0.4, 0.5) is 0 Å². The van der Waals surface area contributed by atoms with Crippen molar-refractivity contribution in [3.63, 3.8) is 0 Å². The predicted octanol–water partition coefficient (Wildman–Crippen LogP) is 0.742. The fourth-order valence-corrected chi connectivity index (χ4v) is 3.11. The van der Waals surface area contributed by atoms with E-state index in [9.17, 15) is 0 Å². The fraction of sp³-hybridized carbons (Fsp3) is 0.846. The van der Waals surface area contributed by atoms with E-state index in [-0.39, 0.29) is 0 Å². The Morgan fingerprint density at radius 3 is 2.19 bits per heavy atom. The molecule has 0 spiro atoms. The molecule has 0 aliphatic carbocycles. The number of nitrogens with zero attached hydrogens (tertiary/aromatic N) is 3. The number of hydrogen-bond acceptors (Lipinski definition) is 1. The van der Waals surface area contributed by atoms with E-state index in [1.807, 2.05) is 6.20 Å². The van der Waals surface area contributed by atoms with Gasteiger partial charge in [-0.2, -0.15) is 0 Å². The standard InChI is InChI=1S/C13H27N3/c1-4-14(2)6-5-7-16-11-8-15(3,9-12-16)10-13-16/h4H,1,5-13H2,2-3H3/q+2. The molecule has 3 nitrogen and oxygen atoms in total. The molecule has 0 aromatic rings. The lowest BCUT2D eigenvalue weighted by atomic mass is 10.1. The van der Waals surface area contributed by atoms with Gasteiger partial charge in [-0.3, -0.25) is 0 Å². The molecule has 92 valence electrons. The minimum absolute atomic E-state index is 1.16. The topological polar surface area (TPSA) is 3.24 Å². The molecule has 3 aliphatic rings. The molecule has 3 saturated heterocycles. The summed E-state index contributed by atoms with van der Waals surface area (Å²) in [7, 11) is 4.55. The summed E-state index contributed by atoms with van der Waals surface area (Å²) in [6.07, 6.45) is 3.24. The summed E-state index contributed by atoms with van der Waals surface area (Å²) in [5.74, 6) is 0. The summed E-state index contributed by atoms with van der Waals surface area (Å²) in [6, 6.07) is 0. The van der Waals surface area contributed by atoms with Gasteiger partial charge in [0.1, 0.15) is 39.3 Å². The van der Waals surface area contributed by atoms with E-state index in [0.29, 0.717) is 0 Å². The lowest BCUT2D eigenvalue weighted by molar-refractivity contribution is -1.07. The Bertz CT molecular complexity index is 237. The van der Waals surface area contributed by atoms with Crippen molar-refractivity contribution in [3.05, 3.63) is 12.8 Å². The van der Waals surface area contributed by atoms with E-state index < -0.39 is 0 Å². The van der Waals surface area contributed by atoms with E-state index in [2.05, 4.69) is 25.6 Å². The van der Waals surface area contributed by atoms with Crippen molar-refractivity contribution in [1.29, 1.82) is 0 Å². The molecule has 0 atom stereocenters. The van der Waals surface area contributed by atoms with E-state index in [0.717, 1.165) is 6.54 Å². The van der Waals surface area contributed by atoms with Crippen LogP contribution in [0, 0.1) is 0 Å². The zero-order valence-electron chi connectivity index (χ0n) is 11.0. The lowest BCUT2D eigenvalue weighted by Gasteiger charge is -2.54. The molecule has 3 heterocycles. The molecular weight excluding hydrogens is 198 g/mol. The van der Waals surface area contributed by atoms with Gasteiger partial charge in [-0.05, 0) is 6.20 Å². The quantitative estimate of drug-likeness (QED) is 0.624. The van der Waals surface area contributed by atoms with Crippen molar-refractivity contribution in [1.82, 2.24) is 4.90 Å². The van der Waals surface area contributed by atoms with Crippen molar-refractivity contribution in [2.75, 3.05) is 66.5 Å². The molecule has 2 bridgehead atoms. The summed E-state index contributed by atoms with van der Waals surface area (Å²) in [5.41, 5.74) is 0.